The highest BCUT2D eigenvalue weighted by atomic mass is 16.5. The zero-order valence-corrected chi connectivity index (χ0v) is 19.4. The first kappa shape index (κ1) is 22.5. The SMILES string of the molecule is COC(=O)Nc1nc2ccc(-c3ccc4c(c3)CN(C(=O)N3CCC(C#N)CC3)CCO4)cc2[nH]1. The number of imidazole rings is 1. The molecule has 180 valence electrons. The third kappa shape index (κ3) is 4.71. The standard InChI is InChI=1S/C25H26N6O4/c1-34-24(32)29-23-27-20-4-2-18(13-21(20)28-23)17-3-5-22-19(12-17)15-31(10-11-35-22)25(33)30-8-6-16(14-26)7-9-30/h2-5,12-13,16H,6-11,15H2,1H3,(H2,27,28,29,32). The fourth-order valence-corrected chi connectivity index (χ4v) is 4.53. The molecular formula is C25H26N6O4. The van der Waals surface area contributed by atoms with E-state index in [4.69, 9.17) is 10.00 Å². The summed E-state index contributed by atoms with van der Waals surface area (Å²) >= 11 is 0. The second kappa shape index (κ2) is 9.54. The monoisotopic (exact) mass is 474 g/mol. The Kier molecular flexibility index (Phi) is 6.14. The number of hydrogen-bond acceptors (Lipinski definition) is 6. The summed E-state index contributed by atoms with van der Waals surface area (Å²) in [6.07, 6.45) is 0.851. The van der Waals surface area contributed by atoms with Crippen LogP contribution in [0.15, 0.2) is 36.4 Å². The lowest BCUT2D eigenvalue weighted by Gasteiger charge is -2.33. The zero-order chi connectivity index (χ0) is 24.4. The Bertz CT molecular complexity index is 1310. The number of nitriles is 1. The van der Waals surface area contributed by atoms with Crippen molar-refractivity contribution >= 4 is 29.1 Å². The van der Waals surface area contributed by atoms with Gasteiger partial charge < -0.3 is 24.3 Å². The largest absolute Gasteiger partial charge is 0.491 e. The second-order valence-corrected chi connectivity index (χ2v) is 8.70. The number of piperidine rings is 1. The van der Waals surface area contributed by atoms with Gasteiger partial charge in [-0.15, -0.1) is 0 Å². The number of anilines is 1. The maximum atomic E-state index is 13.2. The van der Waals surface area contributed by atoms with Gasteiger partial charge in [0.15, 0.2) is 0 Å². The Morgan fingerprint density at radius 1 is 1.14 bits per heavy atom. The van der Waals surface area contributed by atoms with Crippen LogP contribution in [0.4, 0.5) is 15.5 Å². The van der Waals surface area contributed by atoms with E-state index >= 15 is 0 Å². The van der Waals surface area contributed by atoms with Crippen LogP contribution < -0.4 is 10.1 Å². The highest BCUT2D eigenvalue weighted by Crippen LogP contribution is 2.31. The average Bonchev–Trinajstić information content (AvgIpc) is 3.16. The predicted molar refractivity (Wildman–Crippen MR) is 129 cm³/mol. The highest BCUT2D eigenvalue weighted by Gasteiger charge is 2.28. The van der Waals surface area contributed by atoms with Gasteiger partial charge in [-0.1, -0.05) is 12.1 Å². The molecule has 35 heavy (non-hydrogen) atoms. The molecule has 10 heteroatoms. The van der Waals surface area contributed by atoms with E-state index in [2.05, 4.69) is 26.1 Å². The molecule has 3 heterocycles. The van der Waals surface area contributed by atoms with Gasteiger partial charge in [0.25, 0.3) is 0 Å². The van der Waals surface area contributed by atoms with Crippen LogP contribution in [-0.4, -0.2) is 65.2 Å². The summed E-state index contributed by atoms with van der Waals surface area (Å²) in [5.74, 6) is 1.13. The highest BCUT2D eigenvalue weighted by molar-refractivity contribution is 5.88. The maximum absolute atomic E-state index is 13.2. The summed E-state index contributed by atoms with van der Waals surface area (Å²) in [4.78, 5) is 35.7. The second-order valence-electron chi connectivity index (χ2n) is 8.70. The molecule has 2 aromatic carbocycles. The normalized spacial score (nSPS) is 16.1. The van der Waals surface area contributed by atoms with Crippen LogP contribution in [-0.2, 0) is 11.3 Å². The Balaban J connectivity index is 1.36. The van der Waals surface area contributed by atoms with Crippen molar-refractivity contribution in [3.63, 3.8) is 0 Å². The Morgan fingerprint density at radius 3 is 2.69 bits per heavy atom. The summed E-state index contributed by atoms with van der Waals surface area (Å²) in [6, 6.07) is 14.1. The molecule has 3 aromatic rings. The first-order valence-electron chi connectivity index (χ1n) is 11.6. The van der Waals surface area contributed by atoms with E-state index in [1.54, 1.807) is 0 Å². The van der Waals surface area contributed by atoms with Crippen molar-refractivity contribution < 1.29 is 19.1 Å². The lowest BCUT2D eigenvalue weighted by molar-refractivity contribution is 0.132. The summed E-state index contributed by atoms with van der Waals surface area (Å²) in [6.45, 7) is 2.62. The van der Waals surface area contributed by atoms with E-state index in [9.17, 15) is 9.59 Å². The maximum Gasteiger partial charge on any atom is 0.413 e. The molecule has 3 amide bonds. The molecule has 2 aliphatic heterocycles. The fourth-order valence-electron chi connectivity index (χ4n) is 4.53. The van der Waals surface area contributed by atoms with Crippen molar-refractivity contribution in [2.24, 2.45) is 5.92 Å². The quantitative estimate of drug-likeness (QED) is 0.580. The molecule has 0 radical (unpaired) electrons. The lowest BCUT2D eigenvalue weighted by atomic mass is 9.99. The van der Waals surface area contributed by atoms with Gasteiger partial charge in [0, 0.05) is 24.6 Å². The number of aromatic nitrogens is 2. The summed E-state index contributed by atoms with van der Waals surface area (Å²) in [5.41, 5.74) is 4.38. The molecule has 0 bridgehead atoms. The topological polar surface area (TPSA) is 124 Å². The minimum Gasteiger partial charge on any atom is -0.491 e. The molecule has 0 spiro atoms. The number of urea groups is 1. The molecule has 1 aromatic heterocycles. The summed E-state index contributed by atoms with van der Waals surface area (Å²) in [7, 11) is 1.30. The van der Waals surface area contributed by atoms with E-state index in [-0.39, 0.29) is 11.9 Å². The first-order valence-corrected chi connectivity index (χ1v) is 11.6. The number of carbonyl (C=O) groups excluding carboxylic acids is 2. The smallest absolute Gasteiger partial charge is 0.413 e. The van der Waals surface area contributed by atoms with Crippen molar-refractivity contribution in [3.8, 4) is 22.9 Å². The number of carbonyl (C=O) groups is 2. The molecule has 0 unspecified atom stereocenters. The van der Waals surface area contributed by atoms with Crippen LogP contribution in [0.3, 0.4) is 0 Å². The van der Waals surface area contributed by atoms with Crippen LogP contribution >= 0.6 is 0 Å². The van der Waals surface area contributed by atoms with E-state index < -0.39 is 6.09 Å². The number of nitrogens with one attached hydrogen (secondary N) is 2. The Morgan fingerprint density at radius 2 is 1.91 bits per heavy atom. The van der Waals surface area contributed by atoms with E-state index in [1.807, 2.05) is 46.2 Å². The van der Waals surface area contributed by atoms with Crippen LogP contribution in [0.25, 0.3) is 22.2 Å². The summed E-state index contributed by atoms with van der Waals surface area (Å²) in [5, 5.41) is 11.7. The number of H-pyrrole nitrogens is 1. The first-order chi connectivity index (χ1) is 17.0. The van der Waals surface area contributed by atoms with Gasteiger partial charge in [-0.25, -0.2) is 14.6 Å². The van der Waals surface area contributed by atoms with Crippen molar-refractivity contribution in [2.45, 2.75) is 19.4 Å². The van der Waals surface area contributed by atoms with Gasteiger partial charge in [-0.2, -0.15) is 5.26 Å². The van der Waals surface area contributed by atoms with E-state index in [1.165, 1.54) is 7.11 Å². The van der Waals surface area contributed by atoms with Gasteiger partial charge in [0.05, 0.1) is 37.3 Å². The number of likely N-dealkylation sites (tertiary alicyclic amines) is 1. The number of ether oxygens (including phenoxy) is 2. The minimum absolute atomic E-state index is 0.00671. The number of amides is 3. The molecule has 10 nitrogen and oxygen atoms in total. The molecule has 1 saturated heterocycles. The van der Waals surface area contributed by atoms with Crippen molar-refractivity contribution in [1.82, 2.24) is 19.8 Å². The zero-order valence-electron chi connectivity index (χ0n) is 19.4. The van der Waals surface area contributed by atoms with Crippen LogP contribution in [0, 0.1) is 17.2 Å². The average molecular weight is 475 g/mol. The molecule has 0 atom stereocenters. The van der Waals surface area contributed by atoms with Crippen molar-refractivity contribution in [2.75, 3.05) is 38.7 Å². The van der Waals surface area contributed by atoms with Crippen molar-refractivity contribution in [1.29, 1.82) is 5.26 Å². The molecular weight excluding hydrogens is 448 g/mol. The van der Waals surface area contributed by atoms with Crippen molar-refractivity contribution in [3.05, 3.63) is 42.0 Å². The molecule has 2 N–H and O–H groups in total. The molecule has 2 aliphatic rings. The van der Waals surface area contributed by atoms with Gasteiger partial charge in [-0.05, 0) is 48.2 Å². The van der Waals surface area contributed by atoms with Crippen LogP contribution in [0.2, 0.25) is 0 Å². The fraction of sp³-hybridized carbons (Fsp3) is 0.360. The van der Waals surface area contributed by atoms with E-state index in [0.29, 0.717) is 38.7 Å². The Labute approximate surface area is 202 Å². The predicted octanol–water partition coefficient (Wildman–Crippen LogP) is 3.96. The van der Waals surface area contributed by atoms with Gasteiger partial charge in [0.1, 0.15) is 12.4 Å². The Hall–Kier alpha value is -4.26. The number of benzene rings is 2. The molecule has 0 aliphatic carbocycles. The molecule has 1 fully saturated rings. The third-order valence-corrected chi connectivity index (χ3v) is 6.48. The van der Waals surface area contributed by atoms with Gasteiger partial charge >= 0.3 is 12.1 Å². The number of fused-ring (bicyclic) bond motifs is 2. The minimum atomic E-state index is -0.594. The van der Waals surface area contributed by atoms with Crippen LogP contribution in [0.1, 0.15) is 18.4 Å². The number of aromatic amines is 1. The third-order valence-electron chi connectivity index (χ3n) is 6.48. The summed E-state index contributed by atoms with van der Waals surface area (Å²) < 4.78 is 10.6. The molecule has 5 rings (SSSR count). The number of rotatable bonds is 2. The molecule has 0 saturated carbocycles. The number of methoxy groups -OCH3 is 1. The number of hydrogen-bond donors (Lipinski definition) is 2. The van der Waals surface area contributed by atoms with Gasteiger partial charge in [0.2, 0.25) is 5.95 Å². The van der Waals surface area contributed by atoms with Crippen LogP contribution in [0.5, 0.6) is 5.75 Å². The lowest BCUT2D eigenvalue weighted by Crippen LogP contribution is -2.46. The number of nitrogens with zero attached hydrogens (tertiary/aromatic N) is 4. The van der Waals surface area contributed by atoms with Gasteiger partial charge in [-0.3, -0.25) is 5.32 Å². The van der Waals surface area contributed by atoms with E-state index in [0.717, 1.165) is 46.3 Å².